The van der Waals surface area contributed by atoms with Gasteiger partial charge in [-0.2, -0.15) is 0 Å². The van der Waals surface area contributed by atoms with Gasteiger partial charge in [0.1, 0.15) is 0 Å². The molecule has 2 aromatic rings. The first kappa shape index (κ1) is 9.71. The maximum absolute atomic E-state index is 11.4. The Morgan fingerprint density at radius 1 is 1.53 bits per heavy atom. The third-order valence-corrected chi connectivity index (χ3v) is 2.46. The van der Waals surface area contributed by atoms with Crippen molar-refractivity contribution in [1.29, 1.82) is 0 Å². The van der Waals surface area contributed by atoms with Crippen molar-refractivity contribution in [3.8, 4) is 0 Å². The molecule has 1 aromatic carbocycles. The number of nitrogens with one attached hydrogen (secondary N) is 1. The number of rotatable bonds is 3. The smallest absolute Gasteiger partial charge is 0.160 e. The lowest BCUT2D eigenvalue weighted by Gasteiger charge is -1.96. The predicted octanol–water partition coefficient (Wildman–Crippen LogP) is 3.10. The molecule has 0 fully saturated rings. The molecule has 0 aliphatic carbocycles. The quantitative estimate of drug-likeness (QED) is 0.598. The van der Waals surface area contributed by atoms with Gasteiger partial charge in [0.2, 0.25) is 0 Å². The van der Waals surface area contributed by atoms with E-state index < -0.39 is 0 Å². The molecule has 0 bridgehead atoms. The molecule has 0 amide bonds. The van der Waals surface area contributed by atoms with Crippen molar-refractivity contribution in [2.24, 2.45) is 0 Å². The summed E-state index contributed by atoms with van der Waals surface area (Å²) in [4.78, 5) is 14.7. The lowest BCUT2D eigenvalue weighted by Crippen LogP contribution is -1.91. The van der Waals surface area contributed by atoms with E-state index in [1.807, 2.05) is 30.3 Å². The van der Waals surface area contributed by atoms with Crippen molar-refractivity contribution < 1.29 is 4.79 Å². The minimum absolute atomic E-state index is 0.102. The molecule has 0 aliphatic rings. The summed E-state index contributed by atoms with van der Waals surface area (Å²) in [5.41, 5.74) is 2.88. The highest BCUT2D eigenvalue weighted by atomic mass is 16.1. The minimum atomic E-state index is 0.102. The van der Waals surface area contributed by atoms with Gasteiger partial charge in [-0.3, -0.25) is 4.79 Å². The van der Waals surface area contributed by atoms with Gasteiger partial charge in [0.05, 0.1) is 0 Å². The van der Waals surface area contributed by atoms with Crippen LogP contribution in [0, 0.1) is 0 Å². The van der Waals surface area contributed by atoms with Crippen LogP contribution in [0.3, 0.4) is 0 Å². The van der Waals surface area contributed by atoms with Crippen LogP contribution in [0.25, 0.3) is 10.9 Å². The van der Waals surface area contributed by atoms with Gasteiger partial charge in [0.15, 0.2) is 5.78 Å². The number of carbonyl (C=O) groups excluding carboxylic acids is 1. The van der Waals surface area contributed by atoms with Gasteiger partial charge in [-0.05, 0) is 19.1 Å². The van der Waals surface area contributed by atoms with Gasteiger partial charge in [0.25, 0.3) is 0 Å². The number of hydrogen-bond donors (Lipinski definition) is 1. The standard InChI is InChI=1S/C13H13NO/c1-3-5-10-8-12-11(9(2)15)6-4-7-13(12)14-10/h3-4,6-8,14H,1,5H2,2H3. The van der Waals surface area contributed by atoms with Crippen molar-refractivity contribution in [3.05, 3.63) is 48.2 Å². The molecular formula is C13H13NO. The van der Waals surface area contributed by atoms with Gasteiger partial charge in [-0.15, -0.1) is 6.58 Å². The number of Topliss-reactive ketones (excluding diaryl/α,β-unsaturated/α-hetero) is 1. The fourth-order valence-electron chi connectivity index (χ4n) is 1.79. The van der Waals surface area contributed by atoms with Crippen molar-refractivity contribution >= 4 is 16.7 Å². The molecule has 2 nitrogen and oxygen atoms in total. The van der Waals surface area contributed by atoms with Gasteiger partial charge < -0.3 is 4.98 Å². The number of fused-ring (bicyclic) bond motifs is 1. The molecule has 0 saturated heterocycles. The minimum Gasteiger partial charge on any atom is -0.358 e. The number of H-pyrrole nitrogens is 1. The molecule has 76 valence electrons. The third-order valence-electron chi connectivity index (χ3n) is 2.46. The average Bonchev–Trinajstić information content (AvgIpc) is 2.59. The molecule has 0 saturated carbocycles. The summed E-state index contributed by atoms with van der Waals surface area (Å²) in [7, 11) is 0. The summed E-state index contributed by atoms with van der Waals surface area (Å²) in [6.45, 7) is 5.29. The number of allylic oxidation sites excluding steroid dienone is 1. The largest absolute Gasteiger partial charge is 0.358 e. The van der Waals surface area contributed by atoms with E-state index in [4.69, 9.17) is 0 Å². The number of hydrogen-bond acceptors (Lipinski definition) is 1. The Morgan fingerprint density at radius 2 is 2.33 bits per heavy atom. The van der Waals surface area contributed by atoms with E-state index in [1.54, 1.807) is 6.92 Å². The first-order chi connectivity index (χ1) is 7.22. The Labute approximate surface area is 88.6 Å². The zero-order valence-electron chi connectivity index (χ0n) is 8.71. The predicted molar refractivity (Wildman–Crippen MR) is 62.2 cm³/mol. The Kier molecular flexibility index (Phi) is 2.42. The van der Waals surface area contributed by atoms with Crippen LogP contribution in [0.1, 0.15) is 23.0 Å². The first-order valence-corrected chi connectivity index (χ1v) is 4.95. The highest BCUT2D eigenvalue weighted by molar-refractivity contribution is 6.06. The van der Waals surface area contributed by atoms with Crippen LogP contribution in [-0.4, -0.2) is 10.8 Å². The maximum Gasteiger partial charge on any atom is 0.160 e. The molecule has 0 aliphatic heterocycles. The van der Waals surface area contributed by atoms with Gasteiger partial charge in [-0.1, -0.05) is 18.2 Å². The van der Waals surface area contributed by atoms with Crippen LogP contribution in [0.15, 0.2) is 36.9 Å². The molecule has 0 radical (unpaired) electrons. The Bertz CT molecular complexity index is 522. The second kappa shape index (κ2) is 3.73. The summed E-state index contributed by atoms with van der Waals surface area (Å²) in [5.74, 6) is 0.102. The summed E-state index contributed by atoms with van der Waals surface area (Å²) in [6, 6.07) is 7.76. The molecule has 1 N–H and O–H groups in total. The fourth-order valence-corrected chi connectivity index (χ4v) is 1.79. The highest BCUT2D eigenvalue weighted by Gasteiger charge is 2.07. The average molecular weight is 199 g/mol. The maximum atomic E-state index is 11.4. The molecule has 0 atom stereocenters. The van der Waals surface area contributed by atoms with Crippen molar-refractivity contribution in [2.45, 2.75) is 13.3 Å². The fraction of sp³-hybridized carbons (Fsp3) is 0.154. The Balaban J connectivity index is 2.64. The highest BCUT2D eigenvalue weighted by Crippen LogP contribution is 2.20. The zero-order valence-corrected chi connectivity index (χ0v) is 8.71. The Hall–Kier alpha value is -1.83. The molecule has 1 heterocycles. The molecular weight excluding hydrogens is 186 g/mol. The van der Waals surface area contributed by atoms with E-state index in [1.165, 1.54) is 0 Å². The zero-order chi connectivity index (χ0) is 10.8. The van der Waals surface area contributed by atoms with Crippen LogP contribution in [-0.2, 0) is 6.42 Å². The van der Waals surface area contributed by atoms with Gasteiger partial charge >= 0.3 is 0 Å². The van der Waals surface area contributed by atoms with Crippen LogP contribution in [0.2, 0.25) is 0 Å². The number of aromatic nitrogens is 1. The molecule has 2 heteroatoms. The van der Waals surface area contributed by atoms with Crippen LogP contribution in [0.5, 0.6) is 0 Å². The van der Waals surface area contributed by atoms with Crippen LogP contribution in [0.4, 0.5) is 0 Å². The summed E-state index contributed by atoms with van der Waals surface area (Å²) >= 11 is 0. The summed E-state index contributed by atoms with van der Waals surface area (Å²) in [6.07, 6.45) is 2.64. The molecule has 0 unspecified atom stereocenters. The second-order valence-electron chi connectivity index (χ2n) is 3.61. The van der Waals surface area contributed by atoms with Crippen molar-refractivity contribution in [1.82, 2.24) is 4.98 Å². The van der Waals surface area contributed by atoms with E-state index in [2.05, 4.69) is 11.6 Å². The number of benzene rings is 1. The molecule has 2 rings (SSSR count). The number of ketones is 1. The van der Waals surface area contributed by atoms with E-state index in [0.29, 0.717) is 0 Å². The van der Waals surface area contributed by atoms with E-state index in [-0.39, 0.29) is 5.78 Å². The molecule has 1 aromatic heterocycles. The van der Waals surface area contributed by atoms with Gasteiger partial charge in [0, 0.05) is 28.6 Å². The third kappa shape index (κ3) is 1.71. The topological polar surface area (TPSA) is 32.9 Å². The van der Waals surface area contributed by atoms with Crippen molar-refractivity contribution in [3.63, 3.8) is 0 Å². The SMILES string of the molecule is C=CCc1cc2c(C(C)=O)cccc2[nH]1. The second-order valence-corrected chi connectivity index (χ2v) is 3.61. The summed E-state index contributed by atoms with van der Waals surface area (Å²) < 4.78 is 0. The lowest BCUT2D eigenvalue weighted by atomic mass is 10.1. The van der Waals surface area contributed by atoms with Crippen LogP contribution < -0.4 is 0 Å². The van der Waals surface area contributed by atoms with E-state index in [9.17, 15) is 4.79 Å². The van der Waals surface area contributed by atoms with Crippen LogP contribution >= 0.6 is 0 Å². The number of aromatic amines is 1. The summed E-state index contributed by atoms with van der Waals surface area (Å²) in [5, 5.41) is 1.00. The first-order valence-electron chi connectivity index (χ1n) is 4.95. The normalized spacial score (nSPS) is 10.5. The molecule has 0 spiro atoms. The van der Waals surface area contributed by atoms with Crippen molar-refractivity contribution in [2.75, 3.05) is 0 Å². The van der Waals surface area contributed by atoms with E-state index >= 15 is 0 Å². The monoisotopic (exact) mass is 199 g/mol. The van der Waals surface area contributed by atoms with E-state index in [0.717, 1.165) is 28.6 Å². The molecule has 15 heavy (non-hydrogen) atoms. The lowest BCUT2D eigenvalue weighted by molar-refractivity contribution is 0.101. The number of carbonyl (C=O) groups is 1. The van der Waals surface area contributed by atoms with Gasteiger partial charge in [-0.25, -0.2) is 0 Å². The Morgan fingerprint density at radius 3 is 3.00 bits per heavy atom.